The van der Waals surface area contributed by atoms with E-state index in [1.165, 1.54) is 6.92 Å². The molecule has 3 N–H and O–H groups in total. The van der Waals surface area contributed by atoms with Crippen molar-refractivity contribution < 1.29 is 15.3 Å². The molecule has 0 rings (SSSR count). The predicted octanol–water partition coefficient (Wildman–Crippen LogP) is -0.929. The van der Waals surface area contributed by atoms with Crippen LogP contribution in [0, 0.1) is 11.8 Å². The Kier molecular flexibility index (Phi) is 2.65. The van der Waals surface area contributed by atoms with Gasteiger partial charge in [0.25, 0.3) is 0 Å². The molecule has 0 aliphatic heterocycles. The van der Waals surface area contributed by atoms with Gasteiger partial charge in [-0.05, 0) is 12.8 Å². The van der Waals surface area contributed by atoms with Crippen molar-refractivity contribution in [3.05, 3.63) is 0 Å². The number of rotatable bonds is 0. The van der Waals surface area contributed by atoms with Crippen molar-refractivity contribution in [2.24, 2.45) is 0 Å². The lowest BCUT2D eigenvalue weighted by atomic mass is 10.3. The second-order valence-corrected chi connectivity index (χ2v) is 1.97. The van der Waals surface area contributed by atoms with Gasteiger partial charge in [-0.2, -0.15) is 0 Å². The molecule has 0 aliphatic carbocycles. The first-order valence-corrected chi connectivity index (χ1v) is 2.57. The molecule has 0 bridgehead atoms. The van der Waals surface area contributed by atoms with Crippen LogP contribution in [0.5, 0.6) is 0 Å². The smallest absolute Gasteiger partial charge is 0.225 e. The summed E-state index contributed by atoms with van der Waals surface area (Å²) in [5.41, 5.74) is 0. The summed E-state index contributed by atoms with van der Waals surface area (Å²) in [7, 11) is 0. The summed E-state index contributed by atoms with van der Waals surface area (Å²) in [6, 6.07) is 0. The molecule has 0 spiro atoms. The third kappa shape index (κ3) is 7.44. The molecule has 0 aromatic rings. The third-order valence-corrected chi connectivity index (χ3v) is 0.518. The van der Waals surface area contributed by atoms with Crippen LogP contribution < -0.4 is 0 Å². The minimum atomic E-state index is -1.99. The predicted molar refractivity (Wildman–Crippen MR) is 32.3 cm³/mol. The SMILES string of the molecule is CC(O)C#CC(C)(O)O. The highest BCUT2D eigenvalue weighted by Crippen LogP contribution is 1.91. The van der Waals surface area contributed by atoms with E-state index in [4.69, 9.17) is 15.3 Å². The molecule has 0 aromatic carbocycles. The molecule has 0 aliphatic rings. The highest BCUT2D eigenvalue weighted by atomic mass is 16.5. The quantitative estimate of drug-likeness (QED) is 0.293. The van der Waals surface area contributed by atoms with E-state index in [1.54, 1.807) is 0 Å². The second-order valence-electron chi connectivity index (χ2n) is 1.97. The maximum atomic E-state index is 8.54. The molecule has 3 heteroatoms. The minimum Gasteiger partial charge on any atom is -0.381 e. The van der Waals surface area contributed by atoms with E-state index in [1.807, 2.05) is 5.92 Å². The summed E-state index contributed by atoms with van der Waals surface area (Å²) < 4.78 is 0. The average molecular weight is 130 g/mol. The van der Waals surface area contributed by atoms with Crippen molar-refractivity contribution in [2.75, 3.05) is 0 Å². The van der Waals surface area contributed by atoms with Crippen LogP contribution in [0.1, 0.15) is 13.8 Å². The molecule has 0 aromatic heterocycles. The number of aliphatic hydroxyl groups excluding tert-OH is 1. The summed E-state index contributed by atoms with van der Waals surface area (Å²) in [6.07, 6.45) is -0.816. The molecule has 1 atom stereocenters. The largest absolute Gasteiger partial charge is 0.381 e. The van der Waals surface area contributed by atoms with E-state index in [-0.39, 0.29) is 0 Å². The molecule has 0 saturated heterocycles. The standard InChI is InChI=1S/C6H10O3/c1-5(7)3-4-6(2,8)9/h5,7-9H,1-2H3. The van der Waals surface area contributed by atoms with Crippen LogP contribution in [0.3, 0.4) is 0 Å². The lowest BCUT2D eigenvalue weighted by Gasteiger charge is -2.04. The van der Waals surface area contributed by atoms with Gasteiger partial charge < -0.3 is 15.3 Å². The van der Waals surface area contributed by atoms with Crippen molar-refractivity contribution in [2.45, 2.75) is 25.7 Å². The molecule has 1 unspecified atom stereocenters. The molecular formula is C6H10O3. The van der Waals surface area contributed by atoms with Gasteiger partial charge in [-0.25, -0.2) is 0 Å². The van der Waals surface area contributed by atoms with Gasteiger partial charge in [0, 0.05) is 6.92 Å². The first kappa shape index (κ1) is 8.44. The van der Waals surface area contributed by atoms with Crippen LogP contribution in [0.15, 0.2) is 0 Å². The fraction of sp³-hybridized carbons (Fsp3) is 0.667. The summed E-state index contributed by atoms with van der Waals surface area (Å²) in [6.45, 7) is 2.57. The van der Waals surface area contributed by atoms with Gasteiger partial charge in [-0.3, -0.25) is 0 Å². The van der Waals surface area contributed by atoms with E-state index >= 15 is 0 Å². The van der Waals surface area contributed by atoms with Crippen LogP contribution in [-0.2, 0) is 0 Å². The highest BCUT2D eigenvalue weighted by molar-refractivity contribution is 5.09. The maximum absolute atomic E-state index is 8.54. The molecule has 52 valence electrons. The number of hydrogen-bond acceptors (Lipinski definition) is 3. The Bertz CT molecular complexity index is 133. The molecule has 0 saturated carbocycles. The van der Waals surface area contributed by atoms with Crippen molar-refractivity contribution in [3.63, 3.8) is 0 Å². The van der Waals surface area contributed by atoms with Crippen molar-refractivity contribution >= 4 is 0 Å². The number of hydrogen-bond donors (Lipinski definition) is 3. The Morgan fingerprint density at radius 3 is 2.00 bits per heavy atom. The average Bonchev–Trinajstić information content (AvgIpc) is 1.59. The number of aliphatic hydroxyl groups is 3. The summed E-state index contributed by atoms with van der Waals surface area (Å²) in [5.74, 6) is 2.23. The summed E-state index contributed by atoms with van der Waals surface area (Å²) >= 11 is 0. The Morgan fingerprint density at radius 2 is 1.89 bits per heavy atom. The van der Waals surface area contributed by atoms with Gasteiger partial charge in [-0.1, -0.05) is 5.92 Å². The topological polar surface area (TPSA) is 60.7 Å². The summed E-state index contributed by atoms with van der Waals surface area (Å²) in [5, 5.41) is 25.6. The zero-order valence-electron chi connectivity index (χ0n) is 5.42. The lowest BCUT2D eigenvalue weighted by molar-refractivity contribution is -0.0917. The van der Waals surface area contributed by atoms with E-state index in [0.717, 1.165) is 6.92 Å². The van der Waals surface area contributed by atoms with Crippen LogP contribution in [0.4, 0.5) is 0 Å². The lowest BCUT2D eigenvalue weighted by Crippen LogP contribution is -2.20. The minimum absolute atomic E-state index is 0.816. The van der Waals surface area contributed by atoms with Crippen molar-refractivity contribution in [1.82, 2.24) is 0 Å². The normalized spacial score (nSPS) is 13.9. The van der Waals surface area contributed by atoms with Gasteiger partial charge >= 0.3 is 0 Å². The van der Waals surface area contributed by atoms with Gasteiger partial charge in [0.1, 0.15) is 6.10 Å². The Hall–Kier alpha value is -0.560. The summed E-state index contributed by atoms with van der Waals surface area (Å²) in [4.78, 5) is 0. The Labute approximate surface area is 53.9 Å². The van der Waals surface area contributed by atoms with Gasteiger partial charge in [0.2, 0.25) is 5.79 Å². The van der Waals surface area contributed by atoms with Gasteiger partial charge in [0.15, 0.2) is 0 Å². The third-order valence-electron chi connectivity index (χ3n) is 0.518. The molecule has 0 amide bonds. The maximum Gasteiger partial charge on any atom is 0.225 e. The van der Waals surface area contributed by atoms with E-state index < -0.39 is 11.9 Å². The Balaban J connectivity index is 3.88. The molecule has 9 heavy (non-hydrogen) atoms. The second kappa shape index (κ2) is 2.83. The highest BCUT2D eigenvalue weighted by Gasteiger charge is 2.08. The van der Waals surface area contributed by atoms with Crippen molar-refractivity contribution in [3.8, 4) is 11.8 Å². The van der Waals surface area contributed by atoms with E-state index in [0.29, 0.717) is 0 Å². The van der Waals surface area contributed by atoms with Crippen LogP contribution >= 0.6 is 0 Å². The zero-order valence-corrected chi connectivity index (χ0v) is 5.42. The van der Waals surface area contributed by atoms with Crippen molar-refractivity contribution in [1.29, 1.82) is 0 Å². The molecule has 0 heterocycles. The fourth-order valence-electron chi connectivity index (χ4n) is 0.241. The zero-order chi connectivity index (χ0) is 7.49. The fourth-order valence-corrected chi connectivity index (χ4v) is 0.241. The van der Waals surface area contributed by atoms with E-state index in [9.17, 15) is 0 Å². The molecule has 0 fully saturated rings. The Morgan fingerprint density at radius 1 is 1.44 bits per heavy atom. The molecule has 3 nitrogen and oxygen atoms in total. The van der Waals surface area contributed by atoms with Gasteiger partial charge in [-0.15, -0.1) is 0 Å². The first-order chi connectivity index (χ1) is 3.92. The van der Waals surface area contributed by atoms with E-state index in [2.05, 4.69) is 5.92 Å². The first-order valence-electron chi connectivity index (χ1n) is 2.57. The molecular weight excluding hydrogens is 120 g/mol. The molecule has 0 radical (unpaired) electrons. The van der Waals surface area contributed by atoms with Crippen LogP contribution in [0.25, 0.3) is 0 Å². The van der Waals surface area contributed by atoms with Crippen LogP contribution in [0.2, 0.25) is 0 Å². The van der Waals surface area contributed by atoms with Gasteiger partial charge in [0.05, 0.1) is 0 Å². The van der Waals surface area contributed by atoms with Crippen LogP contribution in [-0.4, -0.2) is 27.2 Å². The monoisotopic (exact) mass is 130 g/mol.